The van der Waals surface area contributed by atoms with Gasteiger partial charge in [-0.1, -0.05) is 6.07 Å². The second-order valence-electron chi connectivity index (χ2n) is 2.30. The third-order valence-corrected chi connectivity index (χ3v) is 1.79. The van der Waals surface area contributed by atoms with Crippen LogP contribution in [0.4, 0.5) is 10.1 Å². The van der Waals surface area contributed by atoms with Crippen molar-refractivity contribution in [2.75, 3.05) is 18.0 Å². The molecule has 0 saturated carbocycles. The lowest BCUT2D eigenvalue weighted by molar-refractivity contribution is 0.627. The van der Waals surface area contributed by atoms with E-state index in [0.29, 0.717) is 6.00 Å². The Bertz CT molecular complexity index is 239. The lowest BCUT2D eigenvalue weighted by Crippen LogP contribution is -2.13. The summed E-state index contributed by atoms with van der Waals surface area (Å²) < 4.78 is 12.6. The number of rotatable bonds is 2. The van der Waals surface area contributed by atoms with E-state index in [0.717, 1.165) is 5.69 Å². The molecule has 0 heterocycles. The van der Waals surface area contributed by atoms with Crippen LogP contribution in [-0.2, 0) is 0 Å². The van der Waals surface area contributed by atoms with Crippen molar-refractivity contribution in [1.82, 2.24) is 0 Å². The average Bonchev–Trinajstić information content (AvgIpc) is 2.03. The first-order chi connectivity index (χ1) is 5.24. The van der Waals surface area contributed by atoms with E-state index >= 15 is 0 Å². The maximum atomic E-state index is 12.6. The highest BCUT2D eigenvalue weighted by molar-refractivity contribution is 6.18. The van der Waals surface area contributed by atoms with Gasteiger partial charge in [0.05, 0.1) is 6.00 Å². The molecule has 0 saturated heterocycles. The Morgan fingerprint density at radius 3 is 2.82 bits per heavy atom. The van der Waals surface area contributed by atoms with Gasteiger partial charge in [0.1, 0.15) is 5.82 Å². The molecular formula is C8H9ClFN. The van der Waals surface area contributed by atoms with Gasteiger partial charge < -0.3 is 4.90 Å². The van der Waals surface area contributed by atoms with E-state index in [-0.39, 0.29) is 5.82 Å². The first kappa shape index (κ1) is 8.34. The quantitative estimate of drug-likeness (QED) is 0.491. The largest absolute Gasteiger partial charge is 0.361 e. The number of anilines is 1. The van der Waals surface area contributed by atoms with Crippen molar-refractivity contribution in [2.45, 2.75) is 0 Å². The molecule has 0 bridgehead atoms. The third kappa shape index (κ3) is 2.09. The molecule has 0 aliphatic carbocycles. The lowest BCUT2D eigenvalue weighted by atomic mass is 10.3. The maximum absolute atomic E-state index is 12.6. The second-order valence-corrected chi connectivity index (χ2v) is 2.54. The maximum Gasteiger partial charge on any atom is 0.125 e. The summed E-state index contributed by atoms with van der Waals surface area (Å²) in [5.74, 6) is -0.237. The standard InChI is InChI=1S/C8H9ClFN/c1-11(6-9)8-4-2-3-7(10)5-8/h2-5H,6H2,1H3. The molecule has 0 radical (unpaired) electrons. The summed E-state index contributed by atoms with van der Waals surface area (Å²) in [5, 5.41) is 0. The Kier molecular flexibility index (Phi) is 2.71. The van der Waals surface area contributed by atoms with Gasteiger partial charge in [0.25, 0.3) is 0 Å². The van der Waals surface area contributed by atoms with E-state index in [1.807, 2.05) is 13.1 Å². The fraction of sp³-hybridized carbons (Fsp3) is 0.250. The van der Waals surface area contributed by atoms with Crippen LogP contribution in [0.3, 0.4) is 0 Å². The summed E-state index contributed by atoms with van der Waals surface area (Å²) in [6.45, 7) is 0. The molecule has 3 heteroatoms. The molecule has 0 N–H and O–H groups in total. The van der Waals surface area contributed by atoms with E-state index in [1.165, 1.54) is 12.1 Å². The van der Waals surface area contributed by atoms with Crippen molar-refractivity contribution in [2.24, 2.45) is 0 Å². The number of hydrogen-bond donors (Lipinski definition) is 0. The smallest absolute Gasteiger partial charge is 0.125 e. The summed E-state index contributed by atoms with van der Waals surface area (Å²) in [5.41, 5.74) is 0.792. The van der Waals surface area contributed by atoms with Gasteiger partial charge in [-0.05, 0) is 18.2 Å². The summed E-state index contributed by atoms with van der Waals surface area (Å²) in [6, 6.07) is 6.69. The Hall–Kier alpha value is -0.760. The number of alkyl halides is 1. The van der Waals surface area contributed by atoms with Crippen molar-refractivity contribution in [3.05, 3.63) is 30.1 Å². The van der Waals surface area contributed by atoms with Gasteiger partial charge in [0, 0.05) is 12.7 Å². The minimum atomic E-state index is -0.237. The van der Waals surface area contributed by atoms with Crippen LogP contribution in [0.1, 0.15) is 0 Å². The predicted octanol–water partition coefficient (Wildman–Crippen LogP) is 2.46. The monoisotopic (exact) mass is 173 g/mol. The summed E-state index contributed by atoms with van der Waals surface area (Å²) in [6.07, 6.45) is 0. The van der Waals surface area contributed by atoms with Gasteiger partial charge in [0.2, 0.25) is 0 Å². The first-order valence-electron chi connectivity index (χ1n) is 3.26. The van der Waals surface area contributed by atoms with Crippen LogP contribution in [0, 0.1) is 5.82 Å². The molecule has 0 unspecified atom stereocenters. The highest BCUT2D eigenvalue weighted by Crippen LogP contribution is 2.13. The second kappa shape index (κ2) is 3.58. The molecule has 0 aromatic heterocycles. The molecule has 0 aliphatic rings. The minimum absolute atomic E-state index is 0.237. The zero-order valence-corrected chi connectivity index (χ0v) is 6.98. The zero-order valence-electron chi connectivity index (χ0n) is 6.22. The van der Waals surface area contributed by atoms with E-state index in [4.69, 9.17) is 11.6 Å². The minimum Gasteiger partial charge on any atom is -0.361 e. The van der Waals surface area contributed by atoms with Crippen LogP contribution in [0.15, 0.2) is 24.3 Å². The van der Waals surface area contributed by atoms with Crippen LogP contribution in [0.2, 0.25) is 0 Å². The van der Waals surface area contributed by atoms with Crippen LogP contribution in [0.25, 0.3) is 0 Å². The van der Waals surface area contributed by atoms with Gasteiger partial charge in [-0.3, -0.25) is 0 Å². The SMILES string of the molecule is CN(CCl)c1cccc(F)c1. The molecule has 0 aliphatic heterocycles. The van der Waals surface area contributed by atoms with Crippen molar-refractivity contribution >= 4 is 17.3 Å². The van der Waals surface area contributed by atoms with Crippen molar-refractivity contribution < 1.29 is 4.39 Å². The fourth-order valence-corrected chi connectivity index (χ4v) is 0.921. The number of benzene rings is 1. The Morgan fingerprint density at radius 2 is 2.27 bits per heavy atom. The van der Waals surface area contributed by atoms with E-state index < -0.39 is 0 Å². The van der Waals surface area contributed by atoms with Gasteiger partial charge >= 0.3 is 0 Å². The molecule has 0 atom stereocenters. The summed E-state index contributed by atoms with van der Waals surface area (Å²) in [4.78, 5) is 1.75. The molecule has 0 spiro atoms. The Balaban J connectivity index is 2.86. The lowest BCUT2D eigenvalue weighted by Gasteiger charge is -2.14. The van der Waals surface area contributed by atoms with Crippen LogP contribution in [-0.4, -0.2) is 13.1 Å². The van der Waals surface area contributed by atoms with Gasteiger partial charge in [-0.15, -0.1) is 11.6 Å². The molecule has 1 rings (SSSR count). The van der Waals surface area contributed by atoms with E-state index in [1.54, 1.807) is 11.0 Å². The summed E-state index contributed by atoms with van der Waals surface area (Å²) >= 11 is 5.54. The molecule has 1 aromatic carbocycles. The number of halogens is 2. The van der Waals surface area contributed by atoms with Gasteiger partial charge in [-0.2, -0.15) is 0 Å². The molecule has 60 valence electrons. The van der Waals surface area contributed by atoms with Crippen molar-refractivity contribution in [1.29, 1.82) is 0 Å². The predicted molar refractivity (Wildman–Crippen MR) is 45.5 cm³/mol. The molecule has 1 aromatic rings. The topological polar surface area (TPSA) is 3.24 Å². The molecular weight excluding hydrogens is 165 g/mol. The highest BCUT2D eigenvalue weighted by Gasteiger charge is 1.98. The van der Waals surface area contributed by atoms with E-state index in [9.17, 15) is 4.39 Å². The zero-order chi connectivity index (χ0) is 8.27. The average molecular weight is 174 g/mol. The Morgan fingerprint density at radius 1 is 1.55 bits per heavy atom. The van der Waals surface area contributed by atoms with Crippen LogP contribution >= 0.6 is 11.6 Å². The van der Waals surface area contributed by atoms with Crippen molar-refractivity contribution in [3.8, 4) is 0 Å². The van der Waals surface area contributed by atoms with Crippen molar-refractivity contribution in [3.63, 3.8) is 0 Å². The normalized spacial score (nSPS) is 9.73. The fourth-order valence-electron chi connectivity index (χ4n) is 0.783. The third-order valence-electron chi connectivity index (χ3n) is 1.43. The number of hydrogen-bond acceptors (Lipinski definition) is 1. The van der Waals surface area contributed by atoms with Gasteiger partial charge in [0.15, 0.2) is 0 Å². The highest BCUT2D eigenvalue weighted by atomic mass is 35.5. The molecule has 1 nitrogen and oxygen atoms in total. The van der Waals surface area contributed by atoms with Gasteiger partial charge in [-0.25, -0.2) is 4.39 Å². The first-order valence-corrected chi connectivity index (χ1v) is 3.80. The molecule has 11 heavy (non-hydrogen) atoms. The number of nitrogens with zero attached hydrogens (tertiary/aromatic N) is 1. The van der Waals surface area contributed by atoms with Crippen LogP contribution < -0.4 is 4.90 Å². The van der Waals surface area contributed by atoms with E-state index in [2.05, 4.69) is 0 Å². The van der Waals surface area contributed by atoms with Crippen LogP contribution in [0.5, 0.6) is 0 Å². The Labute approximate surface area is 70.4 Å². The molecule has 0 fully saturated rings. The molecule has 0 amide bonds. The summed E-state index contributed by atoms with van der Waals surface area (Å²) in [7, 11) is 1.81.